The molecule has 1 saturated carbocycles. The highest BCUT2D eigenvalue weighted by molar-refractivity contribution is 5.91. The molecule has 4 heterocycles. The van der Waals surface area contributed by atoms with Gasteiger partial charge < -0.3 is 14.2 Å². The molecular weight excluding hydrogens is 470 g/mol. The van der Waals surface area contributed by atoms with Crippen molar-refractivity contribution < 1.29 is 9.26 Å². The second-order valence-corrected chi connectivity index (χ2v) is 10.6. The van der Waals surface area contributed by atoms with Crippen molar-refractivity contribution in [3.05, 3.63) is 40.4 Å². The standard InChI is InChI=1S/C27H33N7O3/c1-16-7-9-19(10-8-16)14-34-22-21(20-6-4-5-17(2)13-20)28-24(25-31-27(35)37-32-25)29-23(22)30-26(34)33-11-12-36-15-18(33)3/h4-6,13,16,18-19H,7-12,14-15H2,1-3H3,(H,31,32,35)/t16?,18-,19?/m1/s1. The van der Waals surface area contributed by atoms with Crippen molar-refractivity contribution in [2.45, 2.75) is 59.0 Å². The molecule has 1 atom stereocenters. The van der Waals surface area contributed by atoms with Crippen molar-refractivity contribution in [1.29, 1.82) is 0 Å². The summed E-state index contributed by atoms with van der Waals surface area (Å²) in [5.74, 6) is 2.09. The number of fused-ring (bicyclic) bond motifs is 1. The minimum absolute atomic E-state index is 0.192. The summed E-state index contributed by atoms with van der Waals surface area (Å²) < 4.78 is 12.8. The van der Waals surface area contributed by atoms with E-state index in [9.17, 15) is 4.79 Å². The fraction of sp³-hybridized carbons (Fsp3) is 0.519. The van der Waals surface area contributed by atoms with Crippen LogP contribution in [0.3, 0.4) is 0 Å². The van der Waals surface area contributed by atoms with Crippen molar-refractivity contribution in [1.82, 2.24) is 29.7 Å². The maximum atomic E-state index is 11.7. The predicted molar refractivity (Wildman–Crippen MR) is 140 cm³/mol. The Morgan fingerprint density at radius 3 is 2.68 bits per heavy atom. The third-order valence-electron chi connectivity index (χ3n) is 7.73. The van der Waals surface area contributed by atoms with Crippen LogP contribution < -0.4 is 10.7 Å². The Hall–Kier alpha value is -3.53. The number of morpholine rings is 1. The number of rotatable bonds is 5. The van der Waals surface area contributed by atoms with E-state index in [4.69, 9.17) is 24.2 Å². The lowest BCUT2D eigenvalue weighted by molar-refractivity contribution is 0.0976. The number of nitrogens with one attached hydrogen (secondary N) is 1. The zero-order valence-electron chi connectivity index (χ0n) is 21.6. The number of aromatic amines is 1. The largest absolute Gasteiger partial charge is 0.439 e. The zero-order chi connectivity index (χ0) is 25.5. The molecule has 4 aromatic rings. The van der Waals surface area contributed by atoms with Crippen LogP contribution in [0.25, 0.3) is 34.1 Å². The summed E-state index contributed by atoms with van der Waals surface area (Å²) in [5, 5.41) is 3.85. The summed E-state index contributed by atoms with van der Waals surface area (Å²) in [5.41, 5.74) is 4.38. The van der Waals surface area contributed by atoms with Gasteiger partial charge in [0.25, 0.3) is 0 Å². The lowest BCUT2D eigenvalue weighted by atomic mass is 9.83. The van der Waals surface area contributed by atoms with E-state index in [0.717, 1.165) is 47.3 Å². The molecule has 2 aliphatic rings. The van der Waals surface area contributed by atoms with Gasteiger partial charge in [-0.3, -0.25) is 9.51 Å². The minimum atomic E-state index is -0.643. The SMILES string of the molecule is Cc1cccc(-c2nc(-c3noc(=O)[nH]3)nc3nc(N4CCOC[C@H]4C)n(CC4CCC(C)CC4)c23)c1. The molecule has 0 spiro atoms. The number of H-pyrrole nitrogens is 1. The molecule has 3 aromatic heterocycles. The van der Waals surface area contributed by atoms with Gasteiger partial charge in [0, 0.05) is 18.7 Å². The molecule has 0 radical (unpaired) electrons. The Morgan fingerprint density at radius 1 is 1.11 bits per heavy atom. The van der Waals surface area contributed by atoms with Gasteiger partial charge in [0.2, 0.25) is 17.6 Å². The average molecular weight is 504 g/mol. The van der Waals surface area contributed by atoms with Crippen molar-refractivity contribution in [3.63, 3.8) is 0 Å². The lowest BCUT2D eigenvalue weighted by Gasteiger charge is -2.35. The molecule has 1 aromatic carbocycles. The molecule has 1 aliphatic carbocycles. The third-order valence-corrected chi connectivity index (χ3v) is 7.73. The van der Waals surface area contributed by atoms with Crippen LogP contribution in [0.5, 0.6) is 0 Å². The van der Waals surface area contributed by atoms with Crippen molar-refractivity contribution >= 4 is 17.1 Å². The number of anilines is 1. The molecule has 194 valence electrons. The van der Waals surface area contributed by atoms with Crippen LogP contribution in [0.2, 0.25) is 0 Å². The molecule has 6 rings (SSSR count). The van der Waals surface area contributed by atoms with E-state index in [2.05, 4.69) is 58.6 Å². The summed E-state index contributed by atoms with van der Waals surface area (Å²) in [6.07, 6.45) is 4.92. The van der Waals surface area contributed by atoms with Gasteiger partial charge in [-0.05, 0) is 44.6 Å². The second kappa shape index (κ2) is 9.74. The fourth-order valence-electron chi connectivity index (χ4n) is 5.64. The van der Waals surface area contributed by atoms with Crippen LogP contribution in [0, 0.1) is 18.8 Å². The number of hydrogen-bond donors (Lipinski definition) is 1. The Balaban J connectivity index is 1.58. The zero-order valence-corrected chi connectivity index (χ0v) is 21.6. The van der Waals surface area contributed by atoms with Gasteiger partial charge in [-0.1, -0.05) is 48.7 Å². The van der Waals surface area contributed by atoms with Crippen LogP contribution in [-0.2, 0) is 11.3 Å². The Bertz CT molecular complexity index is 1460. The molecule has 1 saturated heterocycles. The number of nitrogens with zero attached hydrogens (tertiary/aromatic N) is 6. The molecule has 37 heavy (non-hydrogen) atoms. The van der Waals surface area contributed by atoms with Crippen LogP contribution in [0.4, 0.5) is 5.95 Å². The summed E-state index contributed by atoms with van der Waals surface area (Å²) in [6, 6.07) is 8.47. The quantitative estimate of drug-likeness (QED) is 0.431. The maximum Gasteiger partial charge on any atom is 0.439 e. The Morgan fingerprint density at radius 2 is 1.95 bits per heavy atom. The highest BCUT2D eigenvalue weighted by Gasteiger charge is 2.30. The molecule has 10 nitrogen and oxygen atoms in total. The van der Waals surface area contributed by atoms with E-state index in [1.54, 1.807) is 0 Å². The number of hydrogen-bond acceptors (Lipinski definition) is 8. The van der Waals surface area contributed by atoms with Gasteiger partial charge in [-0.25, -0.2) is 14.8 Å². The van der Waals surface area contributed by atoms with E-state index in [-0.39, 0.29) is 17.7 Å². The number of ether oxygens (including phenoxy) is 1. The topological polar surface area (TPSA) is 115 Å². The van der Waals surface area contributed by atoms with E-state index in [1.807, 2.05) is 6.07 Å². The van der Waals surface area contributed by atoms with Crippen LogP contribution in [0.1, 0.15) is 45.1 Å². The highest BCUT2D eigenvalue weighted by atomic mass is 16.5. The normalized spacial score (nSPS) is 22.6. The number of aromatic nitrogens is 6. The first-order valence-corrected chi connectivity index (χ1v) is 13.2. The van der Waals surface area contributed by atoms with Crippen molar-refractivity contribution in [2.24, 2.45) is 11.8 Å². The first-order chi connectivity index (χ1) is 18.0. The van der Waals surface area contributed by atoms with Crippen LogP contribution >= 0.6 is 0 Å². The molecule has 0 amide bonds. The molecule has 0 unspecified atom stereocenters. The number of benzene rings is 1. The molecule has 2 fully saturated rings. The molecule has 0 bridgehead atoms. The molecule has 10 heteroatoms. The van der Waals surface area contributed by atoms with Crippen molar-refractivity contribution in [3.8, 4) is 22.9 Å². The molecular formula is C27H33N7O3. The van der Waals surface area contributed by atoms with Crippen LogP contribution in [0.15, 0.2) is 33.6 Å². The van der Waals surface area contributed by atoms with Gasteiger partial charge in [0.1, 0.15) is 11.2 Å². The van der Waals surface area contributed by atoms with E-state index < -0.39 is 5.76 Å². The summed E-state index contributed by atoms with van der Waals surface area (Å²) in [4.78, 5) is 31.4. The minimum Gasteiger partial charge on any atom is -0.377 e. The second-order valence-electron chi connectivity index (χ2n) is 10.6. The molecule has 1 aliphatic heterocycles. The third kappa shape index (κ3) is 4.66. The summed E-state index contributed by atoms with van der Waals surface area (Å²) in [7, 11) is 0. The van der Waals surface area contributed by atoms with Gasteiger partial charge in [0.05, 0.1) is 19.3 Å². The monoisotopic (exact) mass is 503 g/mol. The Labute approximate surface area is 215 Å². The van der Waals surface area contributed by atoms with Gasteiger partial charge in [-0.2, -0.15) is 4.98 Å². The van der Waals surface area contributed by atoms with Gasteiger partial charge >= 0.3 is 5.76 Å². The highest BCUT2D eigenvalue weighted by Crippen LogP contribution is 2.36. The van der Waals surface area contributed by atoms with Crippen molar-refractivity contribution in [2.75, 3.05) is 24.7 Å². The van der Waals surface area contributed by atoms with Gasteiger partial charge in [0.15, 0.2) is 5.65 Å². The van der Waals surface area contributed by atoms with Crippen LogP contribution in [-0.4, -0.2) is 55.5 Å². The smallest absolute Gasteiger partial charge is 0.377 e. The summed E-state index contributed by atoms with van der Waals surface area (Å²) >= 11 is 0. The number of imidazole rings is 1. The maximum absolute atomic E-state index is 11.7. The first-order valence-electron chi connectivity index (χ1n) is 13.2. The Kier molecular flexibility index (Phi) is 6.27. The van der Waals surface area contributed by atoms with E-state index >= 15 is 0 Å². The average Bonchev–Trinajstić information content (AvgIpc) is 3.49. The fourth-order valence-corrected chi connectivity index (χ4v) is 5.64. The molecule has 1 N–H and O–H groups in total. The first kappa shape index (κ1) is 23.8. The predicted octanol–water partition coefficient (Wildman–Crippen LogP) is 4.20. The number of aryl methyl sites for hydroxylation is 1. The van der Waals surface area contributed by atoms with Gasteiger partial charge in [-0.15, -0.1) is 0 Å². The summed E-state index contributed by atoms with van der Waals surface area (Å²) in [6.45, 7) is 9.54. The lowest BCUT2D eigenvalue weighted by Crippen LogP contribution is -2.45. The van der Waals surface area contributed by atoms with E-state index in [0.29, 0.717) is 24.8 Å². The van der Waals surface area contributed by atoms with E-state index in [1.165, 1.54) is 25.7 Å².